The molecule has 0 aliphatic heterocycles. The molecule has 0 fully saturated rings. The fourth-order valence-corrected chi connectivity index (χ4v) is 2.84. The molecule has 1 aliphatic carbocycles. The van der Waals surface area contributed by atoms with E-state index in [1.807, 2.05) is 24.3 Å². The third-order valence-corrected chi connectivity index (χ3v) is 3.98. The number of nitrogens with zero attached hydrogens (tertiary/aromatic N) is 1. The Morgan fingerprint density at radius 3 is 2.80 bits per heavy atom. The predicted molar refractivity (Wildman–Crippen MR) is 86.5 cm³/mol. The van der Waals surface area contributed by atoms with Crippen LogP contribution in [0.15, 0.2) is 42.6 Å². The zero-order valence-corrected chi connectivity index (χ0v) is 13.2. The standard InChI is InChI=1S/C17H17F2N3O3/c18-16(19)25-14-8-6-11(9-20-14)21-17(24)22-15-12-4-2-1-3-10(12)5-7-13(15)23/h1-4,6,8-9,13,15-16,23H,5,7H2,(H2,21,22,24)/t13-,15+/m1/s1. The number of amides is 2. The van der Waals surface area contributed by atoms with E-state index in [4.69, 9.17) is 0 Å². The third kappa shape index (κ3) is 4.21. The Morgan fingerprint density at radius 1 is 1.28 bits per heavy atom. The Hall–Kier alpha value is -2.74. The molecule has 132 valence electrons. The van der Waals surface area contributed by atoms with Crippen molar-refractivity contribution in [3.63, 3.8) is 0 Å². The molecular formula is C17H17F2N3O3. The maximum atomic E-state index is 12.2. The Balaban J connectivity index is 1.64. The molecule has 0 spiro atoms. The molecule has 0 unspecified atom stereocenters. The predicted octanol–water partition coefficient (Wildman–Crippen LogP) is 2.85. The third-order valence-electron chi connectivity index (χ3n) is 3.98. The first-order valence-corrected chi connectivity index (χ1v) is 7.77. The first-order chi connectivity index (χ1) is 12.0. The number of nitrogens with one attached hydrogen (secondary N) is 2. The van der Waals surface area contributed by atoms with Crippen molar-refractivity contribution in [1.29, 1.82) is 0 Å². The summed E-state index contributed by atoms with van der Waals surface area (Å²) >= 11 is 0. The molecule has 0 radical (unpaired) electrons. The number of carbonyl (C=O) groups is 1. The van der Waals surface area contributed by atoms with Crippen LogP contribution in [0.2, 0.25) is 0 Å². The molecule has 2 aromatic rings. The van der Waals surface area contributed by atoms with Gasteiger partial charge >= 0.3 is 12.6 Å². The molecule has 0 bridgehead atoms. The number of hydrogen-bond donors (Lipinski definition) is 3. The van der Waals surface area contributed by atoms with Crippen LogP contribution in [-0.4, -0.2) is 28.8 Å². The summed E-state index contributed by atoms with van der Waals surface area (Å²) in [5, 5.41) is 15.5. The van der Waals surface area contributed by atoms with Crippen molar-refractivity contribution in [2.75, 3.05) is 5.32 Å². The summed E-state index contributed by atoms with van der Waals surface area (Å²) in [7, 11) is 0. The van der Waals surface area contributed by atoms with Crippen molar-refractivity contribution in [3.05, 3.63) is 53.7 Å². The molecule has 2 amide bonds. The first-order valence-electron chi connectivity index (χ1n) is 7.77. The minimum atomic E-state index is -2.96. The Bertz CT molecular complexity index is 740. The lowest BCUT2D eigenvalue weighted by molar-refractivity contribution is -0.0528. The molecule has 3 rings (SSSR count). The number of carbonyl (C=O) groups excluding carboxylic acids is 1. The van der Waals surface area contributed by atoms with E-state index < -0.39 is 24.8 Å². The molecule has 1 aromatic carbocycles. The van der Waals surface area contributed by atoms with E-state index >= 15 is 0 Å². The highest BCUT2D eigenvalue weighted by Gasteiger charge is 2.29. The van der Waals surface area contributed by atoms with E-state index in [2.05, 4.69) is 20.4 Å². The van der Waals surface area contributed by atoms with Crippen LogP contribution < -0.4 is 15.4 Å². The number of aromatic nitrogens is 1. The van der Waals surface area contributed by atoms with Crippen LogP contribution in [0, 0.1) is 0 Å². The normalized spacial score (nSPS) is 19.2. The van der Waals surface area contributed by atoms with E-state index in [1.165, 1.54) is 18.3 Å². The SMILES string of the molecule is O=C(Nc1ccc(OC(F)F)nc1)N[C@H]1c2ccccc2CC[C@H]1O. The number of aliphatic hydroxyl groups excluding tert-OH is 1. The summed E-state index contributed by atoms with van der Waals surface area (Å²) in [4.78, 5) is 15.9. The van der Waals surface area contributed by atoms with Gasteiger partial charge in [0.2, 0.25) is 5.88 Å². The largest absolute Gasteiger partial charge is 0.417 e. The maximum Gasteiger partial charge on any atom is 0.388 e. The number of anilines is 1. The number of pyridine rings is 1. The molecule has 0 saturated heterocycles. The average molecular weight is 349 g/mol. The van der Waals surface area contributed by atoms with Crippen LogP contribution in [0.25, 0.3) is 0 Å². The molecule has 1 heterocycles. The molecule has 1 aromatic heterocycles. The number of aliphatic hydroxyl groups is 1. The van der Waals surface area contributed by atoms with Gasteiger partial charge in [0, 0.05) is 6.07 Å². The zero-order chi connectivity index (χ0) is 17.8. The van der Waals surface area contributed by atoms with E-state index in [9.17, 15) is 18.7 Å². The topological polar surface area (TPSA) is 83.5 Å². The number of rotatable bonds is 4. The van der Waals surface area contributed by atoms with Gasteiger partial charge in [-0.25, -0.2) is 9.78 Å². The van der Waals surface area contributed by atoms with Gasteiger partial charge in [0.15, 0.2) is 0 Å². The number of urea groups is 1. The Kier molecular flexibility index (Phi) is 5.08. The second-order valence-electron chi connectivity index (χ2n) is 5.64. The van der Waals surface area contributed by atoms with Crippen molar-refractivity contribution < 1.29 is 23.4 Å². The minimum absolute atomic E-state index is 0.238. The Morgan fingerprint density at radius 2 is 2.08 bits per heavy atom. The number of fused-ring (bicyclic) bond motifs is 1. The van der Waals surface area contributed by atoms with E-state index in [0.29, 0.717) is 12.1 Å². The molecule has 0 saturated carbocycles. The van der Waals surface area contributed by atoms with E-state index in [-0.39, 0.29) is 5.88 Å². The number of alkyl halides is 2. The van der Waals surface area contributed by atoms with Gasteiger partial charge in [-0.3, -0.25) is 0 Å². The molecule has 8 heteroatoms. The van der Waals surface area contributed by atoms with E-state index in [0.717, 1.165) is 17.5 Å². The first kappa shape index (κ1) is 17.1. The van der Waals surface area contributed by atoms with Crippen molar-refractivity contribution in [2.24, 2.45) is 0 Å². The van der Waals surface area contributed by atoms with Crippen LogP contribution in [0.4, 0.5) is 19.3 Å². The van der Waals surface area contributed by atoms with Gasteiger partial charge in [-0.05, 0) is 30.0 Å². The van der Waals surface area contributed by atoms with Gasteiger partial charge in [0.1, 0.15) is 0 Å². The van der Waals surface area contributed by atoms with Crippen molar-refractivity contribution >= 4 is 11.7 Å². The monoisotopic (exact) mass is 349 g/mol. The van der Waals surface area contributed by atoms with Crippen molar-refractivity contribution in [1.82, 2.24) is 10.3 Å². The van der Waals surface area contributed by atoms with Crippen molar-refractivity contribution in [2.45, 2.75) is 31.6 Å². The molecule has 3 N–H and O–H groups in total. The minimum Gasteiger partial charge on any atom is -0.417 e. The van der Waals surface area contributed by atoms with Crippen molar-refractivity contribution in [3.8, 4) is 5.88 Å². The fourth-order valence-electron chi connectivity index (χ4n) is 2.84. The van der Waals surface area contributed by atoms with Crippen LogP contribution in [0.3, 0.4) is 0 Å². The lowest BCUT2D eigenvalue weighted by Crippen LogP contribution is -2.41. The van der Waals surface area contributed by atoms with Gasteiger partial charge in [0.05, 0.1) is 24.0 Å². The highest BCUT2D eigenvalue weighted by atomic mass is 19.3. The van der Waals surface area contributed by atoms with Gasteiger partial charge in [-0.15, -0.1) is 0 Å². The summed E-state index contributed by atoms with van der Waals surface area (Å²) in [6.45, 7) is -2.96. The van der Waals surface area contributed by atoms with Gasteiger partial charge in [0.25, 0.3) is 0 Å². The number of halogens is 2. The molecule has 6 nitrogen and oxygen atoms in total. The summed E-state index contributed by atoms with van der Waals surface area (Å²) in [5.41, 5.74) is 2.29. The average Bonchev–Trinajstić information content (AvgIpc) is 2.59. The number of ether oxygens (including phenoxy) is 1. The number of hydrogen-bond acceptors (Lipinski definition) is 4. The van der Waals surface area contributed by atoms with E-state index in [1.54, 1.807) is 0 Å². The van der Waals surface area contributed by atoms with Crippen LogP contribution >= 0.6 is 0 Å². The molecular weight excluding hydrogens is 332 g/mol. The second-order valence-corrected chi connectivity index (χ2v) is 5.64. The lowest BCUT2D eigenvalue weighted by Gasteiger charge is -2.31. The van der Waals surface area contributed by atoms with Gasteiger partial charge in [-0.2, -0.15) is 8.78 Å². The quantitative estimate of drug-likeness (QED) is 0.793. The highest BCUT2D eigenvalue weighted by molar-refractivity contribution is 5.89. The summed E-state index contributed by atoms with van der Waals surface area (Å²) in [6.07, 6.45) is 1.85. The van der Waals surface area contributed by atoms with Gasteiger partial charge < -0.3 is 20.5 Å². The van der Waals surface area contributed by atoms with Crippen LogP contribution in [-0.2, 0) is 6.42 Å². The molecule has 25 heavy (non-hydrogen) atoms. The summed E-state index contributed by atoms with van der Waals surface area (Å²) in [6, 6.07) is 9.21. The number of aryl methyl sites for hydroxylation is 1. The van der Waals surface area contributed by atoms with Crippen LogP contribution in [0.5, 0.6) is 5.88 Å². The lowest BCUT2D eigenvalue weighted by atomic mass is 9.86. The molecule has 2 atom stereocenters. The maximum absolute atomic E-state index is 12.2. The molecule has 1 aliphatic rings. The van der Waals surface area contributed by atoms with Crippen LogP contribution in [0.1, 0.15) is 23.6 Å². The number of benzene rings is 1. The highest BCUT2D eigenvalue weighted by Crippen LogP contribution is 2.30. The summed E-state index contributed by atoms with van der Waals surface area (Å²) < 4.78 is 28.3. The zero-order valence-electron chi connectivity index (χ0n) is 13.2. The Labute approximate surface area is 142 Å². The van der Waals surface area contributed by atoms with Gasteiger partial charge in [-0.1, -0.05) is 24.3 Å². The smallest absolute Gasteiger partial charge is 0.388 e. The fraction of sp³-hybridized carbons (Fsp3) is 0.294. The summed E-state index contributed by atoms with van der Waals surface area (Å²) in [5.74, 6) is -0.238. The second kappa shape index (κ2) is 7.43.